The van der Waals surface area contributed by atoms with Crippen LogP contribution < -0.4 is 10.6 Å². The van der Waals surface area contributed by atoms with Gasteiger partial charge in [0, 0.05) is 36.7 Å². The minimum Gasteiger partial charge on any atom is -0.394 e. The number of amides is 4. The maximum absolute atomic E-state index is 14.5. The van der Waals surface area contributed by atoms with Gasteiger partial charge >= 0.3 is 6.03 Å². The third-order valence-corrected chi connectivity index (χ3v) is 9.26. The Hall–Kier alpha value is -4.96. The average molecular weight is 665 g/mol. The Kier molecular flexibility index (Phi) is 11.5. The summed E-state index contributed by atoms with van der Waals surface area (Å²) in [6, 6.07) is 19.6. The molecule has 1 atom stereocenters. The number of benzene rings is 3. The van der Waals surface area contributed by atoms with Crippen LogP contribution in [0.4, 0.5) is 16.2 Å². The van der Waals surface area contributed by atoms with Crippen LogP contribution in [0.2, 0.25) is 0 Å². The molecule has 0 aliphatic carbocycles. The number of aromatic nitrogens is 2. The van der Waals surface area contributed by atoms with E-state index in [1.54, 1.807) is 33.8 Å². The number of fused-ring (bicyclic) bond motifs is 1. The lowest BCUT2D eigenvalue weighted by atomic mass is 9.93. The van der Waals surface area contributed by atoms with Crippen LogP contribution in [-0.2, 0) is 13.0 Å². The molecule has 258 valence electrons. The SMILES string of the molecule is CCCCN(CCCC)C(=O)c1cc(C)n(-c2ccc(NC(=O)Nc3ccc(C)c(C)c3)cc2C(=O)N2Cc3ccccc3CC2CO)n1. The molecular weight excluding hydrogens is 616 g/mol. The third kappa shape index (κ3) is 8.20. The maximum Gasteiger partial charge on any atom is 0.323 e. The Morgan fingerprint density at radius 3 is 2.16 bits per heavy atom. The molecule has 10 nitrogen and oxygen atoms in total. The lowest BCUT2D eigenvalue weighted by Crippen LogP contribution is -2.46. The lowest BCUT2D eigenvalue weighted by molar-refractivity contribution is 0.0544. The highest BCUT2D eigenvalue weighted by Gasteiger charge is 2.32. The van der Waals surface area contributed by atoms with Crippen molar-refractivity contribution in [2.24, 2.45) is 0 Å². The van der Waals surface area contributed by atoms with Crippen LogP contribution in [0.5, 0.6) is 0 Å². The number of aliphatic hydroxyl groups is 1. The van der Waals surface area contributed by atoms with Crippen LogP contribution >= 0.6 is 0 Å². The van der Waals surface area contributed by atoms with Gasteiger partial charge < -0.3 is 25.5 Å². The first-order valence-corrected chi connectivity index (χ1v) is 17.3. The van der Waals surface area contributed by atoms with Gasteiger partial charge in [0.1, 0.15) is 0 Å². The van der Waals surface area contributed by atoms with E-state index in [2.05, 4.69) is 24.5 Å². The summed E-state index contributed by atoms with van der Waals surface area (Å²) in [5.41, 5.74) is 7.16. The Morgan fingerprint density at radius 1 is 0.857 bits per heavy atom. The smallest absolute Gasteiger partial charge is 0.323 e. The van der Waals surface area contributed by atoms with E-state index in [0.717, 1.165) is 47.9 Å². The number of unbranched alkanes of at least 4 members (excludes halogenated alkanes) is 2. The molecule has 0 bridgehead atoms. The monoisotopic (exact) mass is 664 g/mol. The number of aryl methyl sites for hydroxylation is 3. The third-order valence-electron chi connectivity index (χ3n) is 9.26. The number of carbonyl (C=O) groups is 3. The van der Waals surface area contributed by atoms with Crippen molar-refractivity contribution in [3.8, 4) is 5.69 Å². The van der Waals surface area contributed by atoms with E-state index >= 15 is 0 Å². The molecule has 3 N–H and O–H groups in total. The van der Waals surface area contributed by atoms with Gasteiger partial charge in [0.05, 0.1) is 23.9 Å². The number of urea groups is 1. The number of anilines is 2. The summed E-state index contributed by atoms with van der Waals surface area (Å²) in [6.45, 7) is 11.5. The number of hydrogen-bond acceptors (Lipinski definition) is 5. The second kappa shape index (κ2) is 16.0. The summed E-state index contributed by atoms with van der Waals surface area (Å²) in [5, 5.41) is 20.9. The summed E-state index contributed by atoms with van der Waals surface area (Å²) in [5.74, 6) is -0.442. The van der Waals surface area contributed by atoms with Crippen molar-refractivity contribution in [3.63, 3.8) is 0 Å². The van der Waals surface area contributed by atoms with Gasteiger partial charge in [0.25, 0.3) is 11.8 Å². The molecule has 1 aromatic heterocycles. The molecule has 0 saturated heterocycles. The molecule has 1 unspecified atom stereocenters. The van der Waals surface area contributed by atoms with Crippen molar-refractivity contribution in [1.29, 1.82) is 0 Å². The zero-order valence-corrected chi connectivity index (χ0v) is 29.3. The van der Waals surface area contributed by atoms with Crippen LogP contribution in [-0.4, -0.2) is 68.3 Å². The summed E-state index contributed by atoms with van der Waals surface area (Å²) >= 11 is 0. The van der Waals surface area contributed by atoms with Crippen molar-refractivity contribution >= 4 is 29.2 Å². The first kappa shape index (κ1) is 35.3. The first-order chi connectivity index (χ1) is 23.6. The number of hydrogen-bond donors (Lipinski definition) is 3. The minimum atomic E-state index is -0.447. The second-order valence-electron chi connectivity index (χ2n) is 12.9. The van der Waals surface area contributed by atoms with Gasteiger partial charge in [-0.2, -0.15) is 5.10 Å². The van der Waals surface area contributed by atoms with E-state index in [0.29, 0.717) is 60.1 Å². The summed E-state index contributed by atoms with van der Waals surface area (Å²) in [6.07, 6.45) is 4.30. The molecule has 4 aromatic rings. The molecule has 0 radical (unpaired) electrons. The van der Waals surface area contributed by atoms with E-state index < -0.39 is 12.1 Å². The van der Waals surface area contributed by atoms with E-state index in [4.69, 9.17) is 5.10 Å². The summed E-state index contributed by atoms with van der Waals surface area (Å²) < 4.78 is 1.63. The van der Waals surface area contributed by atoms with Gasteiger partial charge in [-0.25, -0.2) is 9.48 Å². The fraction of sp³-hybridized carbons (Fsp3) is 0.385. The molecule has 3 aromatic carbocycles. The van der Waals surface area contributed by atoms with Gasteiger partial charge in [0.2, 0.25) is 0 Å². The molecule has 0 saturated carbocycles. The number of carbonyl (C=O) groups excluding carboxylic acids is 3. The van der Waals surface area contributed by atoms with Crippen LogP contribution in [0.25, 0.3) is 5.69 Å². The van der Waals surface area contributed by atoms with E-state index in [-0.39, 0.29) is 18.4 Å². The fourth-order valence-corrected chi connectivity index (χ4v) is 6.22. The molecule has 0 fully saturated rings. The Balaban J connectivity index is 1.51. The van der Waals surface area contributed by atoms with Crippen molar-refractivity contribution < 1.29 is 19.5 Å². The molecule has 5 rings (SSSR count). The van der Waals surface area contributed by atoms with Crippen LogP contribution in [0.3, 0.4) is 0 Å². The largest absolute Gasteiger partial charge is 0.394 e. The zero-order valence-electron chi connectivity index (χ0n) is 29.3. The summed E-state index contributed by atoms with van der Waals surface area (Å²) in [4.78, 5) is 44.8. The van der Waals surface area contributed by atoms with Crippen LogP contribution in [0.1, 0.15) is 88.3 Å². The summed E-state index contributed by atoms with van der Waals surface area (Å²) in [7, 11) is 0. The lowest BCUT2D eigenvalue weighted by Gasteiger charge is -2.36. The number of nitrogens with zero attached hydrogens (tertiary/aromatic N) is 4. The molecule has 0 spiro atoms. The van der Waals surface area contributed by atoms with Gasteiger partial charge in [-0.1, -0.05) is 57.0 Å². The second-order valence-corrected chi connectivity index (χ2v) is 12.9. The number of nitrogens with one attached hydrogen (secondary N) is 2. The standard InChI is InChI=1S/C39H48N6O4/c1-6-8-18-43(19-9-7-2)38(48)35-21-28(5)45(42-35)36-17-16-32(41-39(49)40-31-15-14-26(3)27(4)20-31)23-34(36)37(47)44-24-30-13-11-10-12-29(30)22-33(44)25-46/h10-17,20-21,23,33,46H,6-9,18-19,22,24-25H2,1-5H3,(H2,40,41,49). The molecule has 1 aliphatic heterocycles. The van der Waals surface area contributed by atoms with E-state index in [9.17, 15) is 19.5 Å². The molecular formula is C39H48N6O4. The highest BCUT2D eigenvalue weighted by atomic mass is 16.3. The van der Waals surface area contributed by atoms with E-state index in [1.165, 1.54) is 0 Å². The normalized spacial score (nSPS) is 13.9. The van der Waals surface area contributed by atoms with E-state index in [1.807, 2.05) is 68.1 Å². The zero-order chi connectivity index (χ0) is 35.1. The van der Waals surface area contributed by atoms with Gasteiger partial charge in [0.15, 0.2) is 5.69 Å². The fourth-order valence-electron chi connectivity index (χ4n) is 6.22. The number of aliphatic hydroxyl groups excluding tert-OH is 1. The van der Waals surface area contributed by atoms with Gasteiger partial charge in [-0.05, 0) is 98.7 Å². The number of rotatable bonds is 12. The van der Waals surface area contributed by atoms with Crippen molar-refractivity contribution in [2.75, 3.05) is 30.3 Å². The van der Waals surface area contributed by atoms with Crippen LogP contribution in [0.15, 0.2) is 66.7 Å². The predicted octanol–water partition coefficient (Wildman–Crippen LogP) is 7.04. The van der Waals surface area contributed by atoms with Crippen molar-refractivity contribution in [3.05, 3.63) is 106 Å². The quantitative estimate of drug-likeness (QED) is 0.150. The molecule has 10 heteroatoms. The predicted molar refractivity (Wildman–Crippen MR) is 193 cm³/mol. The molecule has 49 heavy (non-hydrogen) atoms. The minimum absolute atomic E-state index is 0.133. The molecule has 4 amide bonds. The average Bonchev–Trinajstić information content (AvgIpc) is 3.49. The highest BCUT2D eigenvalue weighted by Crippen LogP contribution is 2.29. The van der Waals surface area contributed by atoms with Crippen LogP contribution in [0, 0.1) is 20.8 Å². The van der Waals surface area contributed by atoms with Crippen molar-refractivity contribution in [2.45, 2.75) is 79.3 Å². The molecule has 2 heterocycles. The topological polar surface area (TPSA) is 120 Å². The van der Waals surface area contributed by atoms with Gasteiger partial charge in [-0.3, -0.25) is 9.59 Å². The first-order valence-electron chi connectivity index (χ1n) is 17.3. The maximum atomic E-state index is 14.5. The Morgan fingerprint density at radius 2 is 1.51 bits per heavy atom. The Bertz CT molecular complexity index is 1810. The molecule has 1 aliphatic rings. The highest BCUT2D eigenvalue weighted by molar-refractivity contribution is 6.03. The Labute approximate surface area is 289 Å². The van der Waals surface area contributed by atoms with Crippen molar-refractivity contribution in [1.82, 2.24) is 19.6 Å². The van der Waals surface area contributed by atoms with Gasteiger partial charge in [-0.15, -0.1) is 0 Å².